The van der Waals surface area contributed by atoms with Crippen LogP contribution in [0.5, 0.6) is 0 Å². The molecule has 2 atom stereocenters. The van der Waals surface area contributed by atoms with E-state index >= 15 is 0 Å². The lowest BCUT2D eigenvalue weighted by Crippen LogP contribution is -2.46. The molecule has 0 aromatic heterocycles. The minimum absolute atomic E-state index is 0.162. The van der Waals surface area contributed by atoms with E-state index in [0.29, 0.717) is 6.04 Å². The Balaban J connectivity index is 1.80. The Morgan fingerprint density at radius 3 is 2.21 bits per heavy atom. The number of nitrogens with zero attached hydrogens (tertiary/aromatic N) is 1. The first-order valence-corrected chi connectivity index (χ1v) is 5.08. The van der Waals surface area contributed by atoms with Crippen molar-refractivity contribution in [2.24, 2.45) is 0 Å². The first kappa shape index (κ1) is 9.73. The first-order chi connectivity index (χ1) is 6.66. The molecule has 1 aliphatic carbocycles. The summed E-state index contributed by atoms with van der Waals surface area (Å²) < 4.78 is 0. The third-order valence-electron chi connectivity index (χ3n) is 2.98. The zero-order valence-electron chi connectivity index (χ0n) is 8.02. The van der Waals surface area contributed by atoms with E-state index in [1.165, 1.54) is 11.3 Å². The highest BCUT2D eigenvalue weighted by Gasteiger charge is 2.33. The van der Waals surface area contributed by atoms with Crippen molar-refractivity contribution < 1.29 is 15.0 Å². The summed E-state index contributed by atoms with van der Waals surface area (Å²) in [5.41, 5.74) is 0. The smallest absolute Gasteiger partial charge is 0.317 e. The van der Waals surface area contributed by atoms with Crippen molar-refractivity contribution in [3.63, 3.8) is 0 Å². The monoisotopic (exact) mass is 200 g/mol. The summed E-state index contributed by atoms with van der Waals surface area (Å²) in [7, 11) is 0. The zero-order chi connectivity index (χ0) is 10.1. The number of amides is 2. The fourth-order valence-corrected chi connectivity index (χ4v) is 1.75. The van der Waals surface area contributed by atoms with Gasteiger partial charge in [-0.1, -0.05) is 0 Å². The summed E-state index contributed by atoms with van der Waals surface area (Å²) >= 11 is 0. The zero-order valence-corrected chi connectivity index (χ0v) is 8.02. The quantitative estimate of drug-likeness (QED) is 0.523. The van der Waals surface area contributed by atoms with Crippen molar-refractivity contribution in [1.82, 2.24) is 10.2 Å². The summed E-state index contributed by atoms with van der Waals surface area (Å²) in [6.07, 6.45) is 1.69. The summed E-state index contributed by atoms with van der Waals surface area (Å²) in [6.45, 7) is 0.472. The van der Waals surface area contributed by atoms with Crippen LogP contribution in [0.25, 0.3) is 0 Å². The Bertz CT molecular complexity index is 220. The fourth-order valence-electron chi connectivity index (χ4n) is 1.75. The third kappa shape index (κ3) is 1.83. The van der Waals surface area contributed by atoms with Crippen LogP contribution in [-0.4, -0.2) is 52.5 Å². The van der Waals surface area contributed by atoms with Gasteiger partial charge in [-0.2, -0.15) is 0 Å². The molecular formula is C9H16N2O3. The van der Waals surface area contributed by atoms with Crippen molar-refractivity contribution in [2.45, 2.75) is 37.5 Å². The second-order valence-corrected chi connectivity index (χ2v) is 4.12. The molecular weight excluding hydrogens is 184 g/mol. The number of likely N-dealkylation sites (tertiary alicyclic amines) is 1. The van der Waals surface area contributed by atoms with Gasteiger partial charge in [-0.15, -0.1) is 0 Å². The molecule has 3 N–H and O–H groups in total. The number of aliphatic hydroxyl groups is 2. The number of aliphatic hydroxyl groups excluding tert-OH is 2. The lowest BCUT2D eigenvalue weighted by Gasteiger charge is -2.28. The number of urea groups is 1. The van der Waals surface area contributed by atoms with Crippen LogP contribution >= 0.6 is 0 Å². The number of carbonyl (C=O) groups excluding carboxylic acids is 1. The molecule has 0 aromatic rings. The average Bonchev–Trinajstić information content (AvgIpc) is 2.40. The number of hydrogen-bond acceptors (Lipinski definition) is 3. The molecule has 5 heteroatoms. The van der Waals surface area contributed by atoms with E-state index in [1.807, 2.05) is 0 Å². The average molecular weight is 200 g/mol. The van der Waals surface area contributed by atoms with Gasteiger partial charge in [0.2, 0.25) is 0 Å². The maximum Gasteiger partial charge on any atom is 0.317 e. The Hall–Kier alpha value is -0.810. The highest BCUT2D eigenvalue weighted by molar-refractivity contribution is 5.75. The van der Waals surface area contributed by atoms with E-state index < -0.39 is 12.2 Å². The maximum absolute atomic E-state index is 11.5. The minimum Gasteiger partial charge on any atom is -0.388 e. The second kappa shape index (κ2) is 3.74. The maximum atomic E-state index is 11.5. The molecule has 0 aromatic carbocycles. The third-order valence-corrected chi connectivity index (χ3v) is 2.98. The lowest BCUT2D eigenvalue weighted by atomic mass is 9.93. The van der Waals surface area contributed by atoms with Gasteiger partial charge in [0.15, 0.2) is 0 Å². The molecule has 2 rings (SSSR count). The first-order valence-electron chi connectivity index (χ1n) is 5.08. The van der Waals surface area contributed by atoms with Crippen molar-refractivity contribution in [1.29, 1.82) is 0 Å². The standard InChI is InChI=1S/C9H16N2O3/c12-7-4-11(5-8(7)13)9(14)10-6-2-1-3-6/h6-8,12-13H,1-5H2,(H,10,14). The molecule has 1 saturated carbocycles. The van der Waals surface area contributed by atoms with Crippen LogP contribution in [0.4, 0.5) is 4.79 Å². The highest BCUT2D eigenvalue weighted by atomic mass is 16.3. The van der Waals surface area contributed by atoms with E-state index in [1.54, 1.807) is 0 Å². The molecule has 0 bridgehead atoms. The topological polar surface area (TPSA) is 72.8 Å². The van der Waals surface area contributed by atoms with Crippen LogP contribution < -0.4 is 5.32 Å². The van der Waals surface area contributed by atoms with Gasteiger partial charge in [-0.05, 0) is 19.3 Å². The largest absolute Gasteiger partial charge is 0.388 e. The van der Waals surface area contributed by atoms with E-state index in [9.17, 15) is 15.0 Å². The number of carbonyl (C=O) groups is 1. The normalized spacial score (nSPS) is 32.9. The molecule has 2 aliphatic rings. The van der Waals surface area contributed by atoms with Crippen LogP contribution in [0.1, 0.15) is 19.3 Å². The van der Waals surface area contributed by atoms with Crippen LogP contribution in [0.15, 0.2) is 0 Å². The molecule has 0 radical (unpaired) electrons. The minimum atomic E-state index is -0.790. The number of β-amino-alcohol motifs (C(OH)–C–C–N with tert-alkyl or cyclic N) is 2. The van der Waals surface area contributed by atoms with Crippen LogP contribution in [0.2, 0.25) is 0 Å². The number of rotatable bonds is 1. The molecule has 1 heterocycles. The Morgan fingerprint density at radius 1 is 1.21 bits per heavy atom. The van der Waals surface area contributed by atoms with Crippen molar-refractivity contribution in [3.8, 4) is 0 Å². The SMILES string of the molecule is O=C(NC1CCC1)N1CC(O)C(O)C1. The molecule has 2 amide bonds. The summed E-state index contributed by atoms with van der Waals surface area (Å²) in [6, 6.07) is 0.141. The molecule has 80 valence electrons. The van der Waals surface area contributed by atoms with Gasteiger partial charge in [0.05, 0.1) is 25.3 Å². The van der Waals surface area contributed by atoms with Crippen LogP contribution in [-0.2, 0) is 0 Å². The Labute approximate surface area is 82.7 Å². The number of nitrogens with one attached hydrogen (secondary N) is 1. The van der Waals surface area contributed by atoms with Gasteiger partial charge in [0.1, 0.15) is 0 Å². The van der Waals surface area contributed by atoms with Crippen molar-refractivity contribution in [2.75, 3.05) is 13.1 Å². The van der Waals surface area contributed by atoms with E-state index in [4.69, 9.17) is 0 Å². The molecule has 0 spiro atoms. The van der Waals surface area contributed by atoms with Crippen molar-refractivity contribution in [3.05, 3.63) is 0 Å². The molecule has 2 unspecified atom stereocenters. The lowest BCUT2D eigenvalue weighted by molar-refractivity contribution is 0.0572. The summed E-state index contributed by atoms with van der Waals surface area (Å²) in [4.78, 5) is 13.0. The van der Waals surface area contributed by atoms with Gasteiger partial charge < -0.3 is 20.4 Å². The van der Waals surface area contributed by atoms with E-state index in [0.717, 1.165) is 12.8 Å². The fraction of sp³-hybridized carbons (Fsp3) is 0.889. The Morgan fingerprint density at radius 2 is 1.79 bits per heavy atom. The summed E-state index contributed by atoms with van der Waals surface area (Å²) in [5.74, 6) is 0. The predicted octanol–water partition coefficient (Wildman–Crippen LogP) is -0.714. The summed E-state index contributed by atoms with van der Waals surface area (Å²) in [5, 5.41) is 21.4. The van der Waals surface area contributed by atoms with Gasteiger partial charge in [-0.25, -0.2) is 4.79 Å². The van der Waals surface area contributed by atoms with E-state index in [-0.39, 0.29) is 19.1 Å². The Kier molecular flexibility index (Phi) is 2.60. The molecule has 2 fully saturated rings. The second-order valence-electron chi connectivity index (χ2n) is 4.12. The van der Waals surface area contributed by atoms with Crippen LogP contribution in [0, 0.1) is 0 Å². The van der Waals surface area contributed by atoms with E-state index in [2.05, 4.69) is 5.32 Å². The van der Waals surface area contributed by atoms with Gasteiger partial charge in [-0.3, -0.25) is 0 Å². The van der Waals surface area contributed by atoms with Gasteiger partial charge >= 0.3 is 6.03 Å². The molecule has 1 aliphatic heterocycles. The molecule has 1 saturated heterocycles. The van der Waals surface area contributed by atoms with Crippen LogP contribution in [0.3, 0.4) is 0 Å². The predicted molar refractivity (Wildman–Crippen MR) is 49.8 cm³/mol. The van der Waals surface area contributed by atoms with Gasteiger partial charge in [0, 0.05) is 6.04 Å². The molecule has 14 heavy (non-hydrogen) atoms. The highest BCUT2D eigenvalue weighted by Crippen LogP contribution is 2.19. The molecule has 5 nitrogen and oxygen atoms in total. The van der Waals surface area contributed by atoms with Crippen molar-refractivity contribution >= 4 is 6.03 Å². The number of hydrogen-bond donors (Lipinski definition) is 3. The van der Waals surface area contributed by atoms with Gasteiger partial charge in [0.25, 0.3) is 0 Å².